The second-order valence-electron chi connectivity index (χ2n) is 8.63. The van der Waals surface area contributed by atoms with Gasteiger partial charge in [0.05, 0.1) is 17.4 Å². The molecule has 1 aliphatic carbocycles. The molecule has 2 aromatic carbocycles. The van der Waals surface area contributed by atoms with Crippen LogP contribution in [0.1, 0.15) is 42.6 Å². The highest BCUT2D eigenvalue weighted by Gasteiger charge is 2.28. The van der Waals surface area contributed by atoms with Gasteiger partial charge in [-0.3, -0.25) is 4.79 Å². The van der Waals surface area contributed by atoms with Gasteiger partial charge in [-0.05, 0) is 62.1 Å². The Hall–Kier alpha value is -3.59. The molecule has 1 N–H and O–H groups in total. The second-order valence-corrected chi connectivity index (χ2v) is 9.07. The fraction of sp³-hybridized carbons (Fsp3) is 0.280. The van der Waals surface area contributed by atoms with Gasteiger partial charge < -0.3 is 14.6 Å². The van der Waals surface area contributed by atoms with Gasteiger partial charge >= 0.3 is 5.57 Å². The van der Waals surface area contributed by atoms with E-state index in [1.54, 1.807) is 24.5 Å². The quantitative estimate of drug-likeness (QED) is 0.304. The molecule has 35 heavy (non-hydrogen) atoms. The van der Waals surface area contributed by atoms with Crippen molar-refractivity contribution in [1.82, 2.24) is 19.5 Å². The van der Waals surface area contributed by atoms with Crippen LogP contribution in [-0.4, -0.2) is 31.0 Å². The molecule has 2 heterocycles. The van der Waals surface area contributed by atoms with Gasteiger partial charge in [0.2, 0.25) is 0 Å². The van der Waals surface area contributed by atoms with Crippen LogP contribution in [0.4, 0.5) is 14.5 Å². The van der Waals surface area contributed by atoms with E-state index < -0.39 is 5.57 Å². The Balaban J connectivity index is 1.48. The van der Waals surface area contributed by atoms with Crippen molar-refractivity contribution < 1.29 is 18.3 Å². The number of benzene rings is 2. The van der Waals surface area contributed by atoms with E-state index in [1.807, 2.05) is 6.33 Å². The molecule has 0 bridgehead atoms. The van der Waals surface area contributed by atoms with Crippen LogP contribution in [0.15, 0.2) is 61.4 Å². The van der Waals surface area contributed by atoms with Crippen LogP contribution in [0.2, 0.25) is 0 Å². The van der Waals surface area contributed by atoms with E-state index in [-0.39, 0.29) is 17.7 Å². The zero-order chi connectivity index (χ0) is 24.6. The molecule has 0 aliphatic heterocycles. The SMILES string of the molecule is CC(C1CCC1)n1cnc2cc(C(=O)Nc3ccc(OC(F)(F)Cl)cc3)cc(-c3cncnc3)c21. The maximum Gasteiger partial charge on any atom is 0.487 e. The molecule has 10 heteroatoms. The summed E-state index contributed by atoms with van der Waals surface area (Å²) in [6, 6.07) is 9.32. The molecular weight excluding hydrogens is 476 g/mol. The van der Waals surface area contributed by atoms with Crippen molar-refractivity contribution in [1.29, 1.82) is 0 Å². The first-order valence-corrected chi connectivity index (χ1v) is 11.6. The van der Waals surface area contributed by atoms with Gasteiger partial charge in [0, 0.05) is 52.4 Å². The van der Waals surface area contributed by atoms with Crippen LogP contribution < -0.4 is 10.1 Å². The molecule has 7 nitrogen and oxygen atoms in total. The van der Waals surface area contributed by atoms with Crippen molar-refractivity contribution in [3.05, 3.63) is 67.0 Å². The van der Waals surface area contributed by atoms with Gasteiger partial charge in [-0.25, -0.2) is 15.0 Å². The standard InChI is InChI=1S/C25H22ClF2N5O2/c1-15(16-3-2-4-16)33-14-31-22-10-17(9-21(23(22)33)18-11-29-13-30-12-18)24(34)32-19-5-7-20(8-6-19)35-25(26,27)28/h5-16H,2-4H2,1H3,(H,32,34). The summed E-state index contributed by atoms with van der Waals surface area (Å²) in [7, 11) is 0. The number of amides is 1. The number of nitrogens with zero attached hydrogens (tertiary/aromatic N) is 4. The number of ether oxygens (including phenoxy) is 1. The number of halogens is 3. The monoisotopic (exact) mass is 497 g/mol. The van der Waals surface area contributed by atoms with Crippen molar-refractivity contribution in [2.45, 2.75) is 37.8 Å². The number of fused-ring (bicyclic) bond motifs is 1. The molecule has 4 aromatic rings. The Bertz CT molecular complexity index is 1350. The van der Waals surface area contributed by atoms with E-state index in [2.05, 4.69) is 36.5 Å². The number of anilines is 1. The van der Waals surface area contributed by atoms with Crippen LogP contribution in [0.3, 0.4) is 0 Å². The molecule has 0 spiro atoms. The van der Waals surface area contributed by atoms with E-state index in [4.69, 9.17) is 11.6 Å². The molecule has 1 amide bonds. The van der Waals surface area contributed by atoms with Crippen LogP contribution in [-0.2, 0) is 0 Å². The number of hydrogen-bond acceptors (Lipinski definition) is 5. The van der Waals surface area contributed by atoms with E-state index in [1.165, 1.54) is 49.9 Å². The predicted molar refractivity (Wildman–Crippen MR) is 129 cm³/mol. The maximum atomic E-state index is 13.1. The van der Waals surface area contributed by atoms with Crippen LogP contribution in [0, 0.1) is 5.92 Å². The van der Waals surface area contributed by atoms with Crippen molar-refractivity contribution in [3.63, 3.8) is 0 Å². The highest BCUT2D eigenvalue weighted by Crippen LogP contribution is 2.39. The fourth-order valence-electron chi connectivity index (χ4n) is 4.36. The molecule has 1 fully saturated rings. The Morgan fingerprint density at radius 1 is 1.20 bits per heavy atom. The normalized spacial score (nSPS) is 15.0. The first-order chi connectivity index (χ1) is 16.8. The Morgan fingerprint density at radius 3 is 2.54 bits per heavy atom. The van der Waals surface area contributed by atoms with Crippen molar-refractivity contribution in [3.8, 4) is 16.9 Å². The number of imidazole rings is 1. The summed E-state index contributed by atoms with van der Waals surface area (Å²) in [6.07, 6.45) is 10.3. The minimum atomic E-state index is -3.81. The zero-order valence-corrected chi connectivity index (χ0v) is 19.5. The summed E-state index contributed by atoms with van der Waals surface area (Å²) in [5.74, 6) is 0.103. The molecule has 1 unspecified atom stereocenters. The van der Waals surface area contributed by atoms with Gasteiger partial charge in [-0.1, -0.05) is 6.42 Å². The highest BCUT2D eigenvalue weighted by molar-refractivity contribution is 6.20. The zero-order valence-electron chi connectivity index (χ0n) is 18.8. The summed E-state index contributed by atoms with van der Waals surface area (Å²) in [6.45, 7) is 2.20. The molecule has 5 rings (SSSR count). The predicted octanol–water partition coefficient (Wildman–Crippen LogP) is 6.27. The lowest BCUT2D eigenvalue weighted by molar-refractivity contribution is -0.0964. The number of nitrogens with one attached hydrogen (secondary N) is 1. The van der Waals surface area contributed by atoms with Gasteiger partial charge in [0.25, 0.3) is 5.91 Å². The summed E-state index contributed by atoms with van der Waals surface area (Å²) in [4.78, 5) is 26.0. The van der Waals surface area contributed by atoms with E-state index in [0.29, 0.717) is 22.7 Å². The van der Waals surface area contributed by atoms with Gasteiger partial charge in [0.1, 0.15) is 12.1 Å². The highest BCUT2D eigenvalue weighted by atomic mass is 35.5. The third-order valence-electron chi connectivity index (χ3n) is 6.42. The largest absolute Gasteiger partial charge is 0.487 e. The Kier molecular flexibility index (Phi) is 6.10. The number of carbonyl (C=O) groups is 1. The van der Waals surface area contributed by atoms with Crippen molar-refractivity contribution in [2.75, 3.05) is 5.32 Å². The Labute approximate surface area is 205 Å². The third kappa shape index (κ3) is 4.95. The molecule has 2 aromatic heterocycles. The average molecular weight is 498 g/mol. The van der Waals surface area contributed by atoms with Gasteiger partial charge in [-0.2, -0.15) is 0 Å². The van der Waals surface area contributed by atoms with Crippen LogP contribution in [0.25, 0.3) is 22.2 Å². The van der Waals surface area contributed by atoms with E-state index >= 15 is 0 Å². The number of alkyl halides is 3. The number of carbonyl (C=O) groups excluding carboxylic acids is 1. The molecule has 1 saturated carbocycles. The molecule has 1 atom stereocenters. The smallest absolute Gasteiger partial charge is 0.420 e. The first-order valence-electron chi connectivity index (χ1n) is 11.2. The lowest BCUT2D eigenvalue weighted by Crippen LogP contribution is -2.22. The summed E-state index contributed by atoms with van der Waals surface area (Å²) in [5.41, 5.74) is 0.204. The van der Waals surface area contributed by atoms with Crippen molar-refractivity contribution in [2.24, 2.45) is 5.92 Å². The number of rotatable bonds is 7. The first kappa shape index (κ1) is 23.2. The lowest BCUT2D eigenvalue weighted by atomic mass is 9.80. The molecule has 180 valence electrons. The van der Waals surface area contributed by atoms with Crippen LogP contribution in [0.5, 0.6) is 5.75 Å². The fourth-order valence-corrected chi connectivity index (χ4v) is 4.45. The Morgan fingerprint density at radius 2 is 1.91 bits per heavy atom. The lowest BCUT2D eigenvalue weighted by Gasteiger charge is -2.32. The average Bonchev–Trinajstić information content (AvgIpc) is 3.22. The van der Waals surface area contributed by atoms with Crippen LogP contribution >= 0.6 is 11.6 Å². The molecule has 0 radical (unpaired) electrons. The summed E-state index contributed by atoms with van der Waals surface area (Å²) in [5, 5.41) is 2.78. The second kappa shape index (κ2) is 9.22. The number of aromatic nitrogens is 4. The van der Waals surface area contributed by atoms with E-state index in [0.717, 1.165) is 16.6 Å². The summed E-state index contributed by atoms with van der Waals surface area (Å²) < 4.78 is 32.1. The summed E-state index contributed by atoms with van der Waals surface area (Å²) >= 11 is 4.79. The maximum absolute atomic E-state index is 13.1. The minimum absolute atomic E-state index is 0.123. The third-order valence-corrected chi connectivity index (χ3v) is 6.50. The van der Waals surface area contributed by atoms with Gasteiger partial charge in [-0.15, -0.1) is 8.78 Å². The van der Waals surface area contributed by atoms with Crippen molar-refractivity contribution >= 4 is 34.2 Å². The van der Waals surface area contributed by atoms with Gasteiger partial charge in [0.15, 0.2) is 0 Å². The molecular formula is C25H22ClF2N5O2. The molecule has 0 saturated heterocycles. The topological polar surface area (TPSA) is 81.9 Å². The van der Waals surface area contributed by atoms with E-state index in [9.17, 15) is 13.6 Å². The minimum Gasteiger partial charge on any atom is -0.420 e. The molecule has 1 aliphatic rings. The number of hydrogen-bond donors (Lipinski definition) is 1.